The fraction of sp³-hybridized carbons (Fsp3) is 0.500. The molecule has 2 N–H and O–H groups in total. The Bertz CT molecular complexity index is 423. The van der Waals surface area contributed by atoms with Crippen LogP contribution in [0.1, 0.15) is 37.8 Å². The average Bonchev–Trinajstić information content (AvgIpc) is 2.32. The summed E-state index contributed by atoms with van der Waals surface area (Å²) in [7, 11) is 0. The first kappa shape index (κ1) is 13.5. The predicted octanol–water partition coefficient (Wildman–Crippen LogP) is 2.83. The maximum atomic E-state index is 9.10. The van der Waals surface area contributed by atoms with Crippen LogP contribution in [0.3, 0.4) is 0 Å². The molecule has 92 valence electrons. The number of anilines is 1. The van der Waals surface area contributed by atoms with E-state index in [-0.39, 0.29) is 12.1 Å². The summed E-state index contributed by atoms with van der Waals surface area (Å²) in [5, 5.41) is 21.6. The standard InChI is InChI=1S/C14H20N2O/c1-4-14(3,8-9-17)16-13-11(2)6-5-7-12(13)10-15/h5-7,16-17H,4,8-9H2,1-3H3. The van der Waals surface area contributed by atoms with Gasteiger partial charge in [0.2, 0.25) is 0 Å². The molecule has 0 aromatic heterocycles. The average molecular weight is 232 g/mol. The smallest absolute Gasteiger partial charge is 0.101 e. The third-order valence-corrected chi connectivity index (χ3v) is 3.26. The summed E-state index contributed by atoms with van der Waals surface area (Å²) in [5.74, 6) is 0. The van der Waals surface area contributed by atoms with Gasteiger partial charge in [0.15, 0.2) is 0 Å². The lowest BCUT2D eigenvalue weighted by molar-refractivity contribution is 0.252. The second-order valence-corrected chi connectivity index (χ2v) is 4.62. The largest absolute Gasteiger partial charge is 0.396 e. The lowest BCUT2D eigenvalue weighted by atomic mass is 9.93. The van der Waals surface area contributed by atoms with Gasteiger partial charge in [-0.1, -0.05) is 19.1 Å². The Morgan fingerprint density at radius 2 is 2.18 bits per heavy atom. The quantitative estimate of drug-likeness (QED) is 0.820. The molecule has 0 fully saturated rings. The first-order valence-corrected chi connectivity index (χ1v) is 5.95. The lowest BCUT2D eigenvalue weighted by Crippen LogP contribution is -2.35. The van der Waals surface area contributed by atoms with Gasteiger partial charge in [-0.25, -0.2) is 0 Å². The number of para-hydroxylation sites is 1. The molecule has 0 aliphatic carbocycles. The third-order valence-electron chi connectivity index (χ3n) is 3.26. The summed E-state index contributed by atoms with van der Waals surface area (Å²) in [6.07, 6.45) is 1.56. The minimum Gasteiger partial charge on any atom is -0.396 e. The van der Waals surface area contributed by atoms with Crippen LogP contribution in [0.15, 0.2) is 18.2 Å². The molecule has 0 heterocycles. The molecule has 3 nitrogen and oxygen atoms in total. The second kappa shape index (κ2) is 5.70. The normalized spacial score (nSPS) is 13.8. The van der Waals surface area contributed by atoms with E-state index in [1.807, 2.05) is 25.1 Å². The highest BCUT2D eigenvalue weighted by Crippen LogP contribution is 2.27. The van der Waals surface area contributed by atoms with Crippen molar-refractivity contribution in [3.63, 3.8) is 0 Å². The molecule has 0 saturated carbocycles. The van der Waals surface area contributed by atoms with E-state index in [2.05, 4.69) is 25.2 Å². The number of hydrogen-bond donors (Lipinski definition) is 2. The fourth-order valence-electron chi connectivity index (χ4n) is 1.80. The SMILES string of the molecule is CCC(C)(CCO)Nc1c(C)cccc1C#N. The van der Waals surface area contributed by atoms with Crippen molar-refractivity contribution in [3.8, 4) is 6.07 Å². The maximum Gasteiger partial charge on any atom is 0.101 e. The molecule has 1 rings (SSSR count). The Morgan fingerprint density at radius 3 is 2.71 bits per heavy atom. The van der Waals surface area contributed by atoms with Crippen LogP contribution in [0.2, 0.25) is 0 Å². The Morgan fingerprint density at radius 1 is 1.47 bits per heavy atom. The van der Waals surface area contributed by atoms with E-state index in [0.29, 0.717) is 12.0 Å². The molecule has 0 bridgehead atoms. The van der Waals surface area contributed by atoms with Gasteiger partial charge in [-0.2, -0.15) is 5.26 Å². The van der Waals surface area contributed by atoms with E-state index in [4.69, 9.17) is 10.4 Å². The van der Waals surface area contributed by atoms with Crippen molar-refractivity contribution in [1.82, 2.24) is 0 Å². The van der Waals surface area contributed by atoms with Crippen LogP contribution in [-0.4, -0.2) is 17.3 Å². The Labute approximate surface area is 103 Å². The Balaban J connectivity index is 3.05. The highest BCUT2D eigenvalue weighted by molar-refractivity contribution is 5.63. The van der Waals surface area contributed by atoms with Gasteiger partial charge >= 0.3 is 0 Å². The summed E-state index contributed by atoms with van der Waals surface area (Å²) in [6, 6.07) is 7.88. The van der Waals surface area contributed by atoms with E-state index in [9.17, 15) is 0 Å². The number of nitriles is 1. The second-order valence-electron chi connectivity index (χ2n) is 4.62. The number of hydrogen-bond acceptors (Lipinski definition) is 3. The molecule has 0 amide bonds. The van der Waals surface area contributed by atoms with Crippen LogP contribution in [0.4, 0.5) is 5.69 Å². The molecule has 0 saturated heterocycles. The van der Waals surface area contributed by atoms with Gasteiger partial charge in [-0.15, -0.1) is 0 Å². The minimum atomic E-state index is -0.174. The summed E-state index contributed by atoms with van der Waals surface area (Å²) < 4.78 is 0. The van der Waals surface area contributed by atoms with Crippen LogP contribution in [-0.2, 0) is 0 Å². The summed E-state index contributed by atoms with van der Waals surface area (Å²) in [6.45, 7) is 6.27. The molecular weight excluding hydrogens is 212 g/mol. The molecule has 1 atom stereocenters. The molecule has 1 aromatic rings. The molecule has 1 aromatic carbocycles. The van der Waals surface area contributed by atoms with Crippen LogP contribution in [0.25, 0.3) is 0 Å². The van der Waals surface area contributed by atoms with Gasteiger partial charge in [0, 0.05) is 12.1 Å². The lowest BCUT2D eigenvalue weighted by Gasteiger charge is -2.31. The first-order chi connectivity index (χ1) is 8.06. The van der Waals surface area contributed by atoms with Gasteiger partial charge < -0.3 is 10.4 Å². The predicted molar refractivity (Wildman–Crippen MR) is 69.9 cm³/mol. The topological polar surface area (TPSA) is 56.0 Å². The highest BCUT2D eigenvalue weighted by atomic mass is 16.3. The van der Waals surface area contributed by atoms with Gasteiger partial charge in [0.05, 0.1) is 11.3 Å². The van der Waals surface area contributed by atoms with Crippen molar-refractivity contribution in [2.45, 2.75) is 39.2 Å². The number of rotatable bonds is 5. The first-order valence-electron chi connectivity index (χ1n) is 5.95. The molecule has 0 aliphatic heterocycles. The van der Waals surface area contributed by atoms with Crippen molar-refractivity contribution in [2.75, 3.05) is 11.9 Å². The van der Waals surface area contributed by atoms with E-state index in [1.54, 1.807) is 0 Å². The molecule has 0 spiro atoms. The minimum absolute atomic E-state index is 0.144. The zero-order valence-electron chi connectivity index (χ0n) is 10.7. The summed E-state index contributed by atoms with van der Waals surface area (Å²) in [4.78, 5) is 0. The number of nitrogens with one attached hydrogen (secondary N) is 1. The van der Waals surface area contributed by atoms with Crippen molar-refractivity contribution in [2.24, 2.45) is 0 Å². The Kier molecular flexibility index (Phi) is 4.53. The highest BCUT2D eigenvalue weighted by Gasteiger charge is 2.22. The summed E-state index contributed by atoms with van der Waals surface area (Å²) in [5.41, 5.74) is 2.42. The Hall–Kier alpha value is -1.53. The number of aryl methyl sites for hydroxylation is 1. The van der Waals surface area contributed by atoms with E-state index >= 15 is 0 Å². The zero-order valence-corrected chi connectivity index (χ0v) is 10.7. The van der Waals surface area contributed by atoms with Crippen molar-refractivity contribution in [3.05, 3.63) is 29.3 Å². The van der Waals surface area contributed by atoms with E-state index in [0.717, 1.165) is 17.7 Å². The van der Waals surface area contributed by atoms with Crippen molar-refractivity contribution in [1.29, 1.82) is 5.26 Å². The maximum absolute atomic E-state index is 9.10. The van der Waals surface area contributed by atoms with Crippen LogP contribution >= 0.6 is 0 Å². The van der Waals surface area contributed by atoms with Crippen molar-refractivity contribution >= 4 is 5.69 Å². The zero-order chi connectivity index (χ0) is 12.9. The monoisotopic (exact) mass is 232 g/mol. The van der Waals surface area contributed by atoms with Gasteiger partial charge in [0.25, 0.3) is 0 Å². The number of nitrogens with zero attached hydrogens (tertiary/aromatic N) is 1. The van der Waals surface area contributed by atoms with Crippen molar-refractivity contribution < 1.29 is 5.11 Å². The van der Waals surface area contributed by atoms with Gasteiger partial charge in [-0.3, -0.25) is 0 Å². The van der Waals surface area contributed by atoms with Crippen LogP contribution < -0.4 is 5.32 Å². The van der Waals surface area contributed by atoms with E-state index in [1.165, 1.54) is 0 Å². The van der Waals surface area contributed by atoms with Gasteiger partial charge in [0.1, 0.15) is 6.07 Å². The third kappa shape index (κ3) is 3.21. The molecule has 1 unspecified atom stereocenters. The summed E-state index contributed by atoms with van der Waals surface area (Å²) >= 11 is 0. The molecule has 17 heavy (non-hydrogen) atoms. The van der Waals surface area contributed by atoms with E-state index < -0.39 is 0 Å². The van der Waals surface area contributed by atoms with Gasteiger partial charge in [-0.05, 0) is 38.3 Å². The molecular formula is C14H20N2O. The number of aliphatic hydroxyl groups is 1. The molecule has 0 radical (unpaired) electrons. The number of aliphatic hydroxyl groups excluding tert-OH is 1. The molecule has 3 heteroatoms. The molecule has 0 aliphatic rings. The van der Waals surface area contributed by atoms with Crippen LogP contribution in [0, 0.1) is 18.3 Å². The number of benzene rings is 1. The van der Waals surface area contributed by atoms with Crippen LogP contribution in [0.5, 0.6) is 0 Å². The fourth-order valence-corrected chi connectivity index (χ4v) is 1.80.